The lowest BCUT2D eigenvalue weighted by Gasteiger charge is -2.35. The van der Waals surface area contributed by atoms with E-state index in [-0.39, 0.29) is 0 Å². The van der Waals surface area contributed by atoms with Gasteiger partial charge in [0.1, 0.15) is 0 Å². The van der Waals surface area contributed by atoms with Crippen LogP contribution in [-0.4, -0.2) is 70.2 Å². The van der Waals surface area contributed by atoms with Crippen LogP contribution >= 0.6 is 0 Å². The average Bonchev–Trinajstić information content (AvgIpc) is 2.73. The summed E-state index contributed by atoms with van der Waals surface area (Å²) in [5, 5.41) is 7.01. The van der Waals surface area contributed by atoms with Gasteiger partial charge in [-0.05, 0) is 57.6 Å². The summed E-state index contributed by atoms with van der Waals surface area (Å²) in [5.74, 6) is 1.31. The van der Waals surface area contributed by atoms with E-state index in [4.69, 9.17) is 4.99 Å². The smallest absolute Gasteiger partial charge is 0.211 e. The molecule has 1 aromatic rings. The molecule has 0 aliphatic carbocycles. The summed E-state index contributed by atoms with van der Waals surface area (Å²) in [6, 6.07) is 9.13. The Balaban J connectivity index is 1.53. The molecular weight excluding hydrogens is 398 g/mol. The summed E-state index contributed by atoms with van der Waals surface area (Å²) in [5.41, 5.74) is 2.57. The van der Waals surface area contributed by atoms with Gasteiger partial charge >= 0.3 is 0 Å². The number of aliphatic imine (C=N–C) groups is 1. The molecule has 2 saturated heterocycles. The number of anilines is 1. The molecule has 0 spiro atoms. The van der Waals surface area contributed by atoms with E-state index >= 15 is 0 Å². The lowest BCUT2D eigenvalue weighted by Crippen LogP contribution is -2.51. The van der Waals surface area contributed by atoms with Crippen molar-refractivity contribution >= 4 is 21.7 Å². The molecule has 0 radical (unpaired) electrons. The molecule has 7 nitrogen and oxygen atoms in total. The quantitative estimate of drug-likeness (QED) is 0.529. The number of sulfonamides is 1. The van der Waals surface area contributed by atoms with E-state index in [0.29, 0.717) is 25.0 Å². The van der Waals surface area contributed by atoms with E-state index in [0.717, 1.165) is 57.8 Å². The third-order valence-corrected chi connectivity index (χ3v) is 7.36. The molecule has 1 atom stereocenters. The van der Waals surface area contributed by atoms with E-state index in [1.165, 1.54) is 17.5 Å². The monoisotopic (exact) mass is 435 g/mol. The van der Waals surface area contributed by atoms with Crippen LogP contribution in [0.5, 0.6) is 0 Å². The minimum absolute atomic E-state index is 0.366. The van der Waals surface area contributed by atoms with Crippen molar-refractivity contribution in [1.82, 2.24) is 14.9 Å². The summed E-state index contributed by atoms with van der Waals surface area (Å²) >= 11 is 0. The molecule has 8 heteroatoms. The number of rotatable bonds is 6. The third-order valence-electron chi connectivity index (χ3n) is 6.06. The maximum atomic E-state index is 11.7. The van der Waals surface area contributed by atoms with Crippen molar-refractivity contribution < 1.29 is 8.42 Å². The number of aryl methyl sites for hydroxylation is 1. The highest BCUT2D eigenvalue weighted by atomic mass is 32.2. The normalized spacial score (nSPS) is 22.2. The van der Waals surface area contributed by atoms with Gasteiger partial charge in [-0.25, -0.2) is 12.7 Å². The zero-order valence-electron chi connectivity index (χ0n) is 18.6. The maximum Gasteiger partial charge on any atom is 0.211 e. The second-order valence-corrected chi connectivity index (χ2v) is 10.6. The van der Waals surface area contributed by atoms with E-state index in [2.05, 4.69) is 53.6 Å². The van der Waals surface area contributed by atoms with Crippen molar-refractivity contribution in [2.45, 2.75) is 45.6 Å². The number of nitrogens with zero attached hydrogens (tertiary/aromatic N) is 3. The second kappa shape index (κ2) is 10.5. The Labute approximate surface area is 182 Å². The zero-order chi connectivity index (χ0) is 21.6. The van der Waals surface area contributed by atoms with Gasteiger partial charge in [-0.1, -0.05) is 17.7 Å². The number of guanidine groups is 1. The van der Waals surface area contributed by atoms with Gasteiger partial charge < -0.3 is 15.5 Å². The van der Waals surface area contributed by atoms with Gasteiger partial charge in [-0.15, -0.1) is 0 Å². The van der Waals surface area contributed by atoms with Crippen LogP contribution in [-0.2, 0) is 10.0 Å². The molecule has 2 heterocycles. The van der Waals surface area contributed by atoms with Crippen molar-refractivity contribution in [1.29, 1.82) is 0 Å². The fourth-order valence-corrected chi connectivity index (χ4v) is 5.12. The molecule has 2 N–H and O–H groups in total. The number of hydrogen-bond donors (Lipinski definition) is 2. The molecule has 0 amide bonds. The van der Waals surface area contributed by atoms with Gasteiger partial charge in [0.25, 0.3) is 0 Å². The van der Waals surface area contributed by atoms with Crippen molar-refractivity contribution in [2.24, 2.45) is 10.9 Å². The highest BCUT2D eigenvalue weighted by Gasteiger charge is 2.25. The highest BCUT2D eigenvalue weighted by Crippen LogP contribution is 2.21. The van der Waals surface area contributed by atoms with Crippen LogP contribution in [0.1, 0.15) is 38.2 Å². The van der Waals surface area contributed by atoms with Crippen molar-refractivity contribution in [2.75, 3.05) is 50.4 Å². The number of benzene rings is 1. The van der Waals surface area contributed by atoms with Crippen molar-refractivity contribution in [3.63, 3.8) is 0 Å². The van der Waals surface area contributed by atoms with Crippen LogP contribution in [0.15, 0.2) is 29.3 Å². The molecule has 2 aliphatic rings. The fourth-order valence-electron chi connectivity index (χ4n) is 4.24. The summed E-state index contributed by atoms with van der Waals surface area (Å²) in [7, 11) is -3.07. The van der Waals surface area contributed by atoms with Crippen LogP contribution in [0, 0.1) is 12.8 Å². The minimum atomic E-state index is -3.07. The largest absolute Gasteiger partial charge is 0.369 e. The van der Waals surface area contributed by atoms with E-state index in [1.54, 1.807) is 4.31 Å². The maximum absolute atomic E-state index is 11.7. The molecule has 3 rings (SSSR count). The molecule has 0 aromatic heterocycles. The molecule has 0 bridgehead atoms. The number of nitrogens with one attached hydrogen (secondary N) is 2. The Bertz CT molecular complexity index is 801. The Kier molecular flexibility index (Phi) is 7.99. The van der Waals surface area contributed by atoms with Gasteiger partial charge in [-0.2, -0.15) is 0 Å². The zero-order valence-corrected chi connectivity index (χ0v) is 19.4. The molecule has 1 aromatic carbocycles. The van der Waals surface area contributed by atoms with Crippen molar-refractivity contribution in [3.05, 3.63) is 29.8 Å². The Morgan fingerprint density at radius 2 is 1.83 bits per heavy atom. The summed E-state index contributed by atoms with van der Waals surface area (Å²) in [6.45, 7) is 9.05. The minimum Gasteiger partial charge on any atom is -0.369 e. The first-order valence-corrected chi connectivity index (χ1v) is 13.0. The Hall–Kier alpha value is -1.80. The molecule has 168 valence electrons. The molecule has 2 fully saturated rings. The highest BCUT2D eigenvalue weighted by molar-refractivity contribution is 7.88. The van der Waals surface area contributed by atoms with Crippen LogP contribution in [0.25, 0.3) is 0 Å². The van der Waals surface area contributed by atoms with Crippen LogP contribution in [0.4, 0.5) is 5.69 Å². The predicted molar refractivity (Wildman–Crippen MR) is 125 cm³/mol. The summed E-state index contributed by atoms with van der Waals surface area (Å²) < 4.78 is 25.0. The van der Waals surface area contributed by atoms with Crippen LogP contribution in [0.3, 0.4) is 0 Å². The average molecular weight is 436 g/mol. The Morgan fingerprint density at radius 1 is 1.13 bits per heavy atom. The lowest BCUT2D eigenvalue weighted by atomic mass is 9.98. The molecule has 2 aliphatic heterocycles. The van der Waals surface area contributed by atoms with Crippen LogP contribution in [0.2, 0.25) is 0 Å². The number of hydrogen-bond acceptors (Lipinski definition) is 4. The van der Waals surface area contributed by atoms with Gasteiger partial charge in [0.2, 0.25) is 10.0 Å². The topological polar surface area (TPSA) is 77.0 Å². The first-order valence-electron chi connectivity index (χ1n) is 11.2. The summed E-state index contributed by atoms with van der Waals surface area (Å²) in [6.07, 6.45) is 5.35. The van der Waals surface area contributed by atoms with Gasteiger partial charge in [0, 0.05) is 51.0 Å². The number of piperidine rings is 2. The van der Waals surface area contributed by atoms with Crippen LogP contribution < -0.4 is 15.5 Å². The van der Waals surface area contributed by atoms with Gasteiger partial charge in [0.15, 0.2) is 5.96 Å². The van der Waals surface area contributed by atoms with E-state index < -0.39 is 10.0 Å². The predicted octanol–water partition coefficient (Wildman–Crippen LogP) is 2.19. The molecule has 0 saturated carbocycles. The molecule has 1 unspecified atom stereocenters. The fraction of sp³-hybridized carbons (Fsp3) is 0.682. The SMILES string of the molecule is CCNC(=NCC1CCN(S(C)(=O)=O)CC1)NC1CCCN(c2ccc(C)cc2)C1. The van der Waals surface area contributed by atoms with Crippen molar-refractivity contribution in [3.8, 4) is 0 Å². The van der Waals surface area contributed by atoms with Gasteiger partial charge in [0.05, 0.1) is 6.26 Å². The second-order valence-electron chi connectivity index (χ2n) is 8.59. The molecular formula is C22H37N5O2S. The summed E-state index contributed by atoms with van der Waals surface area (Å²) in [4.78, 5) is 7.29. The van der Waals surface area contributed by atoms with E-state index in [1.807, 2.05) is 0 Å². The van der Waals surface area contributed by atoms with Gasteiger partial charge in [-0.3, -0.25) is 4.99 Å². The first-order chi connectivity index (χ1) is 14.3. The van der Waals surface area contributed by atoms with E-state index in [9.17, 15) is 8.42 Å². The molecule has 30 heavy (non-hydrogen) atoms. The Morgan fingerprint density at radius 3 is 2.47 bits per heavy atom. The third kappa shape index (κ3) is 6.60. The first kappa shape index (κ1) is 22.9. The standard InChI is InChI=1S/C22H37N5O2S/c1-4-23-22(24-16-19-11-14-27(15-12-19)30(3,28)29)25-20-6-5-13-26(17-20)21-9-7-18(2)8-10-21/h7-10,19-20H,4-6,11-17H2,1-3H3,(H2,23,24,25). The lowest BCUT2D eigenvalue weighted by molar-refractivity contribution is 0.280.